The number of rotatable bonds is 1. The van der Waals surface area contributed by atoms with Gasteiger partial charge in [-0.25, -0.2) is 9.97 Å². The normalized spacial score (nSPS) is 10.8. The molecule has 4 rings (SSSR count). The van der Waals surface area contributed by atoms with Crippen molar-refractivity contribution in [1.29, 1.82) is 0 Å². The monoisotopic (exact) mass is 331 g/mol. The second kappa shape index (κ2) is 5.59. The van der Waals surface area contributed by atoms with Gasteiger partial charge in [-0.2, -0.15) is 0 Å². The lowest BCUT2D eigenvalue weighted by Gasteiger charge is -2.05. The molecular weight excluding hydrogens is 318 g/mol. The second-order valence-corrected chi connectivity index (χ2v) is 6.45. The van der Waals surface area contributed by atoms with Gasteiger partial charge in [-0.15, -0.1) is 17.3 Å². The molecule has 0 aliphatic heterocycles. The van der Waals surface area contributed by atoms with Gasteiger partial charge in [-0.3, -0.25) is 9.36 Å². The summed E-state index contributed by atoms with van der Waals surface area (Å²) < 4.78 is 2.17. The second-order valence-electron chi connectivity index (χ2n) is 5.45. The van der Waals surface area contributed by atoms with Gasteiger partial charge < -0.3 is 0 Å². The summed E-state index contributed by atoms with van der Waals surface area (Å²) in [6.45, 7) is 3.81. The summed E-state index contributed by atoms with van der Waals surface area (Å²) in [5, 5.41) is 0.861. The van der Waals surface area contributed by atoms with E-state index in [1.165, 1.54) is 11.3 Å². The third-order valence-electron chi connectivity index (χ3n) is 3.85. The zero-order valence-corrected chi connectivity index (χ0v) is 14.0. The van der Waals surface area contributed by atoms with Crippen LogP contribution in [0.2, 0.25) is 0 Å². The predicted octanol–water partition coefficient (Wildman–Crippen LogP) is 3.68. The summed E-state index contributed by atoms with van der Waals surface area (Å²) in [6.07, 6.45) is 3.30. The molecule has 116 valence electrons. The van der Waals surface area contributed by atoms with Crippen molar-refractivity contribution < 1.29 is 0 Å². The van der Waals surface area contributed by atoms with Crippen molar-refractivity contribution >= 4 is 31.8 Å². The highest BCUT2D eigenvalue weighted by atomic mass is 32.1. The number of hydrogen-bond acceptors (Lipinski definition) is 4. The number of aromatic nitrogens is 3. The lowest BCUT2D eigenvalue weighted by molar-refractivity contribution is 0.966. The van der Waals surface area contributed by atoms with E-state index in [0.29, 0.717) is 10.2 Å². The third-order valence-corrected chi connectivity index (χ3v) is 4.93. The van der Waals surface area contributed by atoms with Gasteiger partial charge >= 0.3 is 0 Å². The summed E-state index contributed by atoms with van der Waals surface area (Å²) in [7, 11) is 0. The molecule has 0 unspecified atom stereocenters. The average Bonchev–Trinajstić information content (AvgIpc) is 2.97. The zero-order chi connectivity index (χ0) is 16.7. The molecule has 0 saturated heterocycles. The Bertz CT molecular complexity index is 1190. The first-order valence-electron chi connectivity index (χ1n) is 7.47. The fourth-order valence-electron chi connectivity index (χ4n) is 2.68. The van der Waals surface area contributed by atoms with Crippen LogP contribution < -0.4 is 5.56 Å². The summed E-state index contributed by atoms with van der Waals surface area (Å²) >= 11 is 1.37. The van der Waals surface area contributed by atoms with Gasteiger partial charge in [-0.05, 0) is 32.0 Å². The number of nitrogens with zero attached hydrogens (tertiary/aromatic N) is 3. The highest BCUT2D eigenvalue weighted by Crippen LogP contribution is 2.31. The van der Waals surface area contributed by atoms with E-state index in [2.05, 4.69) is 21.8 Å². The van der Waals surface area contributed by atoms with Gasteiger partial charge in [0.1, 0.15) is 15.9 Å². The molecule has 0 N–H and O–H groups in total. The van der Waals surface area contributed by atoms with Crippen molar-refractivity contribution in [1.82, 2.24) is 14.5 Å². The number of pyridine rings is 1. The number of aryl methyl sites for hydroxylation is 1. The quantitative estimate of drug-likeness (QED) is 0.500. The van der Waals surface area contributed by atoms with Crippen LogP contribution in [-0.2, 0) is 0 Å². The SMILES string of the molecule is CC#Cc1ccnc2sc3c(=O)n(-c4ccc(C)cc4)cnc3c12. The summed E-state index contributed by atoms with van der Waals surface area (Å²) in [4.78, 5) is 22.6. The Labute approximate surface area is 142 Å². The van der Waals surface area contributed by atoms with Crippen molar-refractivity contribution in [3.63, 3.8) is 0 Å². The van der Waals surface area contributed by atoms with E-state index in [0.717, 1.165) is 27.0 Å². The van der Waals surface area contributed by atoms with E-state index >= 15 is 0 Å². The number of thiophene rings is 1. The van der Waals surface area contributed by atoms with E-state index in [4.69, 9.17) is 0 Å². The number of benzene rings is 1. The van der Waals surface area contributed by atoms with Crippen LogP contribution in [0.1, 0.15) is 18.1 Å². The van der Waals surface area contributed by atoms with Crippen LogP contribution in [0.25, 0.3) is 26.1 Å². The molecule has 1 aromatic carbocycles. The standard InChI is InChI=1S/C19H13N3OS/c1-3-4-13-9-10-20-18-15(13)16-17(24-18)19(23)22(11-21-16)14-7-5-12(2)6-8-14/h5-11H,1-2H3. The topological polar surface area (TPSA) is 47.8 Å². The maximum Gasteiger partial charge on any atom is 0.275 e. The molecule has 3 heterocycles. The molecule has 4 nitrogen and oxygen atoms in total. The summed E-state index contributed by atoms with van der Waals surface area (Å²) in [5.41, 5.74) is 3.40. The van der Waals surface area contributed by atoms with Crippen LogP contribution in [0.15, 0.2) is 47.7 Å². The van der Waals surface area contributed by atoms with Crippen LogP contribution in [-0.4, -0.2) is 14.5 Å². The van der Waals surface area contributed by atoms with Crippen LogP contribution >= 0.6 is 11.3 Å². The van der Waals surface area contributed by atoms with E-state index < -0.39 is 0 Å². The Morgan fingerprint density at radius 3 is 2.67 bits per heavy atom. The number of fused-ring (bicyclic) bond motifs is 3. The average molecular weight is 331 g/mol. The van der Waals surface area contributed by atoms with Crippen molar-refractivity contribution in [2.24, 2.45) is 0 Å². The first kappa shape index (κ1) is 14.6. The zero-order valence-electron chi connectivity index (χ0n) is 13.2. The Morgan fingerprint density at radius 1 is 1.12 bits per heavy atom. The Morgan fingerprint density at radius 2 is 1.92 bits per heavy atom. The minimum atomic E-state index is -0.0812. The van der Waals surface area contributed by atoms with E-state index in [-0.39, 0.29) is 5.56 Å². The van der Waals surface area contributed by atoms with Crippen LogP contribution in [0.3, 0.4) is 0 Å². The fraction of sp³-hybridized carbons (Fsp3) is 0.105. The molecule has 0 fully saturated rings. The Balaban J connectivity index is 2.05. The molecule has 0 radical (unpaired) electrons. The summed E-state index contributed by atoms with van der Waals surface area (Å²) in [5.74, 6) is 5.97. The van der Waals surface area contributed by atoms with Crippen molar-refractivity contribution in [2.45, 2.75) is 13.8 Å². The minimum absolute atomic E-state index is 0.0812. The summed E-state index contributed by atoms with van der Waals surface area (Å²) in [6, 6.07) is 9.66. The predicted molar refractivity (Wildman–Crippen MR) is 97.8 cm³/mol. The van der Waals surface area contributed by atoms with Gasteiger partial charge in [0.25, 0.3) is 5.56 Å². The van der Waals surface area contributed by atoms with Crippen LogP contribution in [0, 0.1) is 18.8 Å². The molecule has 0 spiro atoms. The first-order valence-corrected chi connectivity index (χ1v) is 8.29. The highest BCUT2D eigenvalue weighted by Gasteiger charge is 2.15. The molecule has 24 heavy (non-hydrogen) atoms. The minimum Gasteiger partial charge on any atom is -0.267 e. The van der Waals surface area contributed by atoms with Crippen molar-refractivity contribution in [3.05, 3.63) is 64.3 Å². The fourth-order valence-corrected chi connectivity index (χ4v) is 3.73. The molecule has 0 atom stereocenters. The van der Waals surface area contributed by atoms with Gasteiger partial charge in [0.05, 0.1) is 16.6 Å². The Hall–Kier alpha value is -2.97. The maximum absolute atomic E-state index is 12.9. The molecule has 0 amide bonds. The van der Waals surface area contributed by atoms with Gasteiger partial charge in [-0.1, -0.05) is 23.6 Å². The van der Waals surface area contributed by atoms with Gasteiger partial charge in [0, 0.05) is 11.8 Å². The maximum atomic E-state index is 12.9. The molecular formula is C19H13N3OS. The number of hydrogen-bond donors (Lipinski definition) is 0. The van der Waals surface area contributed by atoms with Gasteiger partial charge in [0.15, 0.2) is 0 Å². The van der Waals surface area contributed by atoms with E-state index in [1.807, 2.05) is 37.3 Å². The highest BCUT2D eigenvalue weighted by molar-refractivity contribution is 7.25. The molecule has 0 saturated carbocycles. The van der Waals surface area contributed by atoms with E-state index in [9.17, 15) is 4.79 Å². The first-order chi connectivity index (χ1) is 11.7. The molecule has 3 aromatic heterocycles. The van der Waals surface area contributed by atoms with Crippen molar-refractivity contribution in [3.8, 4) is 17.5 Å². The molecule has 0 aliphatic rings. The third kappa shape index (κ3) is 2.20. The van der Waals surface area contributed by atoms with Crippen molar-refractivity contribution in [2.75, 3.05) is 0 Å². The molecule has 0 aliphatic carbocycles. The van der Waals surface area contributed by atoms with Crippen LogP contribution in [0.5, 0.6) is 0 Å². The lowest BCUT2D eigenvalue weighted by Crippen LogP contribution is -2.17. The lowest BCUT2D eigenvalue weighted by atomic mass is 10.1. The largest absolute Gasteiger partial charge is 0.275 e. The molecule has 4 aromatic rings. The molecule has 5 heteroatoms. The smallest absolute Gasteiger partial charge is 0.267 e. The van der Waals surface area contributed by atoms with Crippen LogP contribution in [0.4, 0.5) is 0 Å². The van der Waals surface area contributed by atoms with E-state index in [1.54, 1.807) is 24.0 Å². The van der Waals surface area contributed by atoms with Gasteiger partial charge in [0.2, 0.25) is 0 Å². The Kier molecular flexibility index (Phi) is 3.40. The molecule has 0 bridgehead atoms.